The predicted molar refractivity (Wildman–Crippen MR) is 92.9 cm³/mol. The Bertz CT molecular complexity index is 835. The lowest BCUT2D eigenvalue weighted by Gasteiger charge is -2.33. The standard InChI is InChI=1S/C17H21N5OS/c1-12-18-17-22(19-12)16(23)15(24-17)14(13-6-4-3-5-7-13)21-10-8-20(2)9-11-21/h3-7,14,23H,8-11H2,1-2H3/p+2/t14-/m0/s1. The quantitative estimate of drug-likeness (QED) is 0.589. The minimum Gasteiger partial charge on any atom is -0.492 e. The average molecular weight is 345 g/mol. The molecule has 1 atom stereocenters. The Hall–Kier alpha value is -1.96. The molecule has 6 nitrogen and oxygen atoms in total. The van der Waals surface area contributed by atoms with Crippen molar-refractivity contribution in [1.82, 2.24) is 14.6 Å². The minimum absolute atomic E-state index is 0.133. The van der Waals surface area contributed by atoms with Crippen LogP contribution in [0.1, 0.15) is 22.3 Å². The number of hydrogen-bond acceptors (Lipinski definition) is 4. The molecule has 1 aliphatic heterocycles. The molecule has 0 spiro atoms. The molecule has 2 aromatic heterocycles. The number of benzene rings is 1. The van der Waals surface area contributed by atoms with Crippen molar-refractivity contribution in [2.24, 2.45) is 0 Å². The highest BCUT2D eigenvalue weighted by molar-refractivity contribution is 7.17. The Morgan fingerprint density at radius 3 is 2.54 bits per heavy atom. The summed E-state index contributed by atoms with van der Waals surface area (Å²) in [6.07, 6.45) is 0. The molecule has 1 fully saturated rings. The molecule has 0 bridgehead atoms. The summed E-state index contributed by atoms with van der Waals surface area (Å²) in [5.41, 5.74) is 1.24. The maximum absolute atomic E-state index is 10.8. The van der Waals surface area contributed by atoms with Crippen molar-refractivity contribution in [3.63, 3.8) is 0 Å². The molecule has 0 saturated carbocycles. The Morgan fingerprint density at radius 2 is 1.88 bits per heavy atom. The SMILES string of the molecule is Cc1nc2sc([C@H](c3ccccc3)[NH+]3CC[NH+](C)CC3)c(O)n2n1. The number of aromatic nitrogens is 3. The maximum atomic E-state index is 10.8. The highest BCUT2D eigenvalue weighted by Crippen LogP contribution is 2.34. The lowest BCUT2D eigenvalue weighted by atomic mass is 10.0. The van der Waals surface area contributed by atoms with Gasteiger partial charge in [-0.2, -0.15) is 4.52 Å². The summed E-state index contributed by atoms with van der Waals surface area (Å²) in [5.74, 6) is 0.929. The van der Waals surface area contributed by atoms with Crippen LogP contribution in [-0.2, 0) is 0 Å². The number of rotatable bonds is 3. The first-order chi connectivity index (χ1) is 11.6. The number of hydrogen-bond donors (Lipinski definition) is 3. The van der Waals surface area contributed by atoms with Gasteiger partial charge in [0.25, 0.3) is 0 Å². The van der Waals surface area contributed by atoms with E-state index in [0.29, 0.717) is 5.82 Å². The van der Waals surface area contributed by atoms with E-state index < -0.39 is 0 Å². The smallest absolute Gasteiger partial charge is 0.235 e. The van der Waals surface area contributed by atoms with Crippen molar-refractivity contribution in [1.29, 1.82) is 0 Å². The molecule has 0 amide bonds. The van der Waals surface area contributed by atoms with Gasteiger partial charge in [0, 0.05) is 5.56 Å². The van der Waals surface area contributed by atoms with Crippen molar-refractivity contribution >= 4 is 16.3 Å². The summed E-state index contributed by atoms with van der Waals surface area (Å²) in [6, 6.07) is 10.6. The zero-order chi connectivity index (χ0) is 16.7. The molecule has 3 heterocycles. The molecule has 126 valence electrons. The topological polar surface area (TPSA) is 59.3 Å². The second kappa shape index (κ2) is 6.16. The van der Waals surface area contributed by atoms with Gasteiger partial charge in [0.15, 0.2) is 6.04 Å². The van der Waals surface area contributed by atoms with Gasteiger partial charge in [0.1, 0.15) is 36.9 Å². The van der Waals surface area contributed by atoms with E-state index in [1.165, 1.54) is 10.5 Å². The third kappa shape index (κ3) is 2.68. The lowest BCUT2D eigenvalue weighted by molar-refractivity contribution is -1.02. The highest BCUT2D eigenvalue weighted by atomic mass is 32.1. The van der Waals surface area contributed by atoms with Gasteiger partial charge in [0.2, 0.25) is 10.8 Å². The molecular formula is C17H23N5OS+2. The van der Waals surface area contributed by atoms with Gasteiger partial charge in [0.05, 0.1) is 7.05 Å². The van der Waals surface area contributed by atoms with Gasteiger partial charge in [-0.3, -0.25) is 0 Å². The number of piperazine rings is 1. The van der Waals surface area contributed by atoms with E-state index in [-0.39, 0.29) is 11.9 Å². The molecular weight excluding hydrogens is 322 g/mol. The molecule has 0 unspecified atom stereocenters. The summed E-state index contributed by atoms with van der Waals surface area (Å²) in [5, 5.41) is 15.1. The van der Waals surface area contributed by atoms with Gasteiger partial charge < -0.3 is 14.9 Å². The molecule has 3 aromatic rings. The van der Waals surface area contributed by atoms with E-state index >= 15 is 0 Å². The fourth-order valence-electron chi connectivity index (χ4n) is 3.54. The normalized spacial score (nSPS) is 22.8. The zero-order valence-electron chi connectivity index (χ0n) is 14.0. The van der Waals surface area contributed by atoms with Crippen LogP contribution in [0, 0.1) is 6.92 Å². The molecule has 1 aliphatic rings. The van der Waals surface area contributed by atoms with Gasteiger partial charge in [-0.25, -0.2) is 4.98 Å². The van der Waals surface area contributed by atoms with Gasteiger partial charge in [-0.05, 0) is 6.92 Å². The number of nitrogens with one attached hydrogen (secondary N) is 2. The summed E-state index contributed by atoms with van der Waals surface area (Å²) >= 11 is 1.55. The van der Waals surface area contributed by atoms with Crippen LogP contribution >= 0.6 is 11.3 Å². The monoisotopic (exact) mass is 345 g/mol. The van der Waals surface area contributed by atoms with Crippen LogP contribution in [0.3, 0.4) is 0 Å². The average Bonchev–Trinajstić information content (AvgIpc) is 3.09. The fraction of sp³-hybridized carbons (Fsp3) is 0.412. The second-order valence-corrected chi connectivity index (χ2v) is 7.61. The first-order valence-electron chi connectivity index (χ1n) is 8.39. The van der Waals surface area contributed by atoms with E-state index in [0.717, 1.165) is 36.0 Å². The van der Waals surface area contributed by atoms with Crippen LogP contribution < -0.4 is 9.80 Å². The minimum atomic E-state index is 0.133. The first kappa shape index (κ1) is 15.6. The number of thiazole rings is 1. The number of nitrogens with zero attached hydrogens (tertiary/aromatic N) is 3. The molecule has 0 radical (unpaired) electrons. The molecule has 3 N–H and O–H groups in total. The summed E-state index contributed by atoms with van der Waals surface area (Å²) in [7, 11) is 2.25. The Morgan fingerprint density at radius 1 is 1.17 bits per heavy atom. The van der Waals surface area contributed by atoms with Crippen LogP contribution in [0.4, 0.5) is 0 Å². The Labute approximate surface area is 145 Å². The van der Waals surface area contributed by atoms with Crippen LogP contribution in [0.15, 0.2) is 30.3 Å². The Balaban J connectivity index is 1.79. The van der Waals surface area contributed by atoms with Gasteiger partial charge >= 0.3 is 0 Å². The van der Waals surface area contributed by atoms with Crippen molar-refractivity contribution in [3.05, 3.63) is 46.6 Å². The molecule has 7 heteroatoms. The van der Waals surface area contributed by atoms with Crippen LogP contribution in [-0.4, -0.2) is 52.9 Å². The molecule has 1 aromatic carbocycles. The molecule has 0 aliphatic carbocycles. The van der Waals surface area contributed by atoms with E-state index in [1.807, 2.05) is 13.0 Å². The van der Waals surface area contributed by atoms with E-state index in [4.69, 9.17) is 0 Å². The van der Waals surface area contributed by atoms with Crippen molar-refractivity contribution in [2.75, 3.05) is 33.2 Å². The summed E-state index contributed by atoms with van der Waals surface area (Å²) in [6.45, 7) is 6.34. The zero-order valence-corrected chi connectivity index (χ0v) is 14.8. The number of likely N-dealkylation sites (N-methyl/N-ethyl adjacent to an activating group) is 1. The van der Waals surface area contributed by atoms with Crippen LogP contribution in [0.25, 0.3) is 4.96 Å². The largest absolute Gasteiger partial charge is 0.492 e. The van der Waals surface area contributed by atoms with E-state index in [2.05, 4.69) is 41.4 Å². The maximum Gasteiger partial charge on any atom is 0.235 e. The third-order valence-electron chi connectivity index (χ3n) is 4.85. The third-order valence-corrected chi connectivity index (χ3v) is 5.94. The molecule has 1 saturated heterocycles. The summed E-state index contributed by atoms with van der Waals surface area (Å²) < 4.78 is 1.58. The summed E-state index contributed by atoms with van der Waals surface area (Å²) in [4.78, 5) is 9.23. The number of aromatic hydroxyl groups is 1. The number of aryl methyl sites for hydroxylation is 1. The molecule has 24 heavy (non-hydrogen) atoms. The van der Waals surface area contributed by atoms with Crippen molar-refractivity contribution < 1.29 is 14.9 Å². The Kier molecular flexibility index (Phi) is 3.99. The predicted octanol–water partition coefficient (Wildman–Crippen LogP) is -0.693. The fourth-order valence-corrected chi connectivity index (χ4v) is 4.73. The van der Waals surface area contributed by atoms with Crippen molar-refractivity contribution in [3.8, 4) is 5.88 Å². The first-order valence-corrected chi connectivity index (χ1v) is 9.21. The van der Waals surface area contributed by atoms with E-state index in [9.17, 15) is 5.11 Å². The highest BCUT2D eigenvalue weighted by Gasteiger charge is 2.35. The van der Waals surface area contributed by atoms with Gasteiger partial charge in [-0.1, -0.05) is 41.7 Å². The van der Waals surface area contributed by atoms with Crippen LogP contribution in [0.5, 0.6) is 5.88 Å². The second-order valence-electron chi connectivity index (χ2n) is 6.60. The number of fused-ring (bicyclic) bond motifs is 1. The van der Waals surface area contributed by atoms with Gasteiger partial charge in [-0.15, -0.1) is 5.10 Å². The molecule has 4 rings (SSSR count). The lowest BCUT2D eigenvalue weighted by Crippen LogP contribution is -3.27. The van der Waals surface area contributed by atoms with E-state index in [1.54, 1.807) is 20.8 Å². The van der Waals surface area contributed by atoms with Crippen LogP contribution in [0.2, 0.25) is 0 Å². The van der Waals surface area contributed by atoms with Crippen molar-refractivity contribution in [2.45, 2.75) is 13.0 Å². The number of quaternary nitrogens is 2.